The number of pyridine rings is 1. The maximum Gasteiger partial charge on any atom is 0.312 e. The van der Waals surface area contributed by atoms with Crippen LogP contribution in [-0.4, -0.2) is 50.7 Å². The van der Waals surface area contributed by atoms with Gasteiger partial charge in [-0.1, -0.05) is 18.2 Å². The summed E-state index contributed by atoms with van der Waals surface area (Å²) < 4.78 is 54.7. The van der Waals surface area contributed by atoms with Crippen molar-refractivity contribution >= 4 is 48.9 Å². The summed E-state index contributed by atoms with van der Waals surface area (Å²) in [5.41, 5.74) is 2.77. The Bertz CT molecular complexity index is 1990. The van der Waals surface area contributed by atoms with Crippen molar-refractivity contribution in [3.63, 3.8) is 0 Å². The third-order valence-electron chi connectivity index (χ3n) is 7.26. The summed E-state index contributed by atoms with van der Waals surface area (Å²) in [7, 11) is -1.50. The van der Waals surface area contributed by atoms with Crippen molar-refractivity contribution in [3.05, 3.63) is 89.5 Å². The lowest BCUT2D eigenvalue weighted by molar-refractivity contribution is -0.146. The van der Waals surface area contributed by atoms with Gasteiger partial charge in [0.05, 0.1) is 44.1 Å². The van der Waals surface area contributed by atoms with E-state index in [9.17, 15) is 17.6 Å². The van der Waals surface area contributed by atoms with Crippen LogP contribution in [0, 0.1) is 18.3 Å². The molecule has 4 heterocycles. The molecule has 0 radical (unpaired) electrons. The van der Waals surface area contributed by atoms with Gasteiger partial charge in [0.15, 0.2) is 0 Å². The zero-order valence-corrected chi connectivity index (χ0v) is 24.1. The minimum atomic E-state index is -4.29. The van der Waals surface area contributed by atoms with Crippen molar-refractivity contribution in [1.82, 2.24) is 8.96 Å². The zero-order chi connectivity index (χ0) is 29.6. The van der Waals surface area contributed by atoms with E-state index in [0.29, 0.717) is 40.2 Å². The van der Waals surface area contributed by atoms with Gasteiger partial charge in [-0.3, -0.25) is 4.79 Å². The molecule has 0 saturated carbocycles. The number of halogens is 1. The number of ether oxygens (including phenoxy) is 2. The van der Waals surface area contributed by atoms with Gasteiger partial charge in [-0.25, -0.2) is 26.6 Å². The molecule has 9 nitrogen and oxygen atoms in total. The molecule has 0 amide bonds. The molecule has 0 spiro atoms. The van der Waals surface area contributed by atoms with E-state index in [-0.39, 0.29) is 33.9 Å². The maximum atomic E-state index is 14.8. The normalized spacial score (nSPS) is 13.5. The molecule has 1 fully saturated rings. The van der Waals surface area contributed by atoms with Crippen molar-refractivity contribution in [1.29, 1.82) is 0 Å². The Hall–Kier alpha value is -4.73. The lowest BCUT2D eigenvalue weighted by Crippen LogP contribution is -2.50. The molecule has 0 unspecified atom stereocenters. The van der Waals surface area contributed by atoms with E-state index in [1.165, 1.54) is 66.1 Å². The first-order valence-electron chi connectivity index (χ1n) is 12.7. The van der Waals surface area contributed by atoms with Crippen molar-refractivity contribution in [2.45, 2.75) is 4.90 Å². The van der Waals surface area contributed by atoms with Crippen LogP contribution in [0.2, 0.25) is 0 Å². The third-order valence-corrected chi connectivity index (χ3v) is 9.76. The molecule has 42 heavy (non-hydrogen) atoms. The molecule has 3 aromatic heterocycles. The molecule has 5 aromatic rings. The Morgan fingerprint density at radius 2 is 1.93 bits per heavy atom. The summed E-state index contributed by atoms with van der Waals surface area (Å²) in [4.78, 5) is 21.6. The standard InChI is InChI=1S/C30H23FN4O5S2/c1-32-29-23(11-12-41-29)27-24-14-20(31)7-9-25(24)35(42(37,38)22-8-10-26(39-2)33-15-22)28(27)18-5-4-6-21(13-18)34-16-19(17-34)30(36)40-3/h4-15,19H,16-17H2,2-3H3. The molecule has 0 atom stereocenters. The van der Waals surface area contributed by atoms with Crippen molar-refractivity contribution in [2.75, 3.05) is 32.2 Å². The van der Waals surface area contributed by atoms with Gasteiger partial charge >= 0.3 is 5.97 Å². The molecular weight excluding hydrogens is 579 g/mol. The minimum absolute atomic E-state index is 0.0899. The van der Waals surface area contributed by atoms with Crippen LogP contribution in [0.1, 0.15) is 0 Å². The third kappa shape index (κ3) is 4.47. The van der Waals surface area contributed by atoms with Crippen LogP contribution in [0.5, 0.6) is 5.88 Å². The number of esters is 1. The summed E-state index contributed by atoms with van der Waals surface area (Å²) in [6.45, 7) is 8.66. The molecule has 0 bridgehead atoms. The molecule has 1 aliphatic rings. The highest BCUT2D eigenvalue weighted by Gasteiger charge is 2.35. The molecular formula is C30H23FN4O5S2. The number of rotatable bonds is 7. The minimum Gasteiger partial charge on any atom is -0.481 e. The number of fused-ring (bicyclic) bond motifs is 1. The van der Waals surface area contributed by atoms with Gasteiger partial charge in [-0.15, -0.1) is 0 Å². The Kier molecular flexibility index (Phi) is 6.92. The second kappa shape index (κ2) is 10.6. The van der Waals surface area contributed by atoms with Crippen molar-refractivity contribution in [3.8, 4) is 28.3 Å². The number of aromatic nitrogens is 2. The van der Waals surface area contributed by atoms with E-state index in [1.54, 1.807) is 23.6 Å². The van der Waals surface area contributed by atoms with Crippen LogP contribution in [0.25, 0.3) is 38.1 Å². The number of hydrogen-bond acceptors (Lipinski definition) is 8. The second-order valence-electron chi connectivity index (χ2n) is 9.62. The first-order chi connectivity index (χ1) is 20.3. The van der Waals surface area contributed by atoms with E-state index < -0.39 is 15.8 Å². The number of anilines is 1. The van der Waals surface area contributed by atoms with Gasteiger partial charge in [0.2, 0.25) is 10.9 Å². The number of hydrogen-bond donors (Lipinski definition) is 0. The van der Waals surface area contributed by atoms with Gasteiger partial charge in [-0.05, 0) is 41.8 Å². The fourth-order valence-electron chi connectivity index (χ4n) is 5.20. The Morgan fingerprint density at radius 1 is 1.12 bits per heavy atom. The molecule has 0 N–H and O–H groups in total. The smallest absolute Gasteiger partial charge is 0.312 e. The summed E-state index contributed by atoms with van der Waals surface area (Å²) in [6, 6.07) is 15.8. The molecule has 212 valence electrons. The lowest BCUT2D eigenvalue weighted by atomic mass is 9.97. The van der Waals surface area contributed by atoms with E-state index in [0.717, 1.165) is 5.69 Å². The highest BCUT2D eigenvalue weighted by atomic mass is 32.2. The Morgan fingerprint density at radius 3 is 2.62 bits per heavy atom. The average molecular weight is 603 g/mol. The van der Waals surface area contributed by atoms with E-state index in [2.05, 4.69) is 9.83 Å². The highest BCUT2D eigenvalue weighted by Crippen LogP contribution is 2.48. The van der Waals surface area contributed by atoms with Gasteiger partial charge in [0, 0.05) is 46.9 Å². The summed E-state index contributed by atoms with van der Waals surface area (Å²) in [6.07, 6.45) is 1.21. The summed E-state index contributed by atoms with van der Waals surface area (Å²) >= 11 is 1.22. The highest BCUT2D eigenvalue weighted by molar-refractivity contribution is 7.90. The van der Waals surface area contributed by atoms with E-state index >= 15 is 0 Å². The van der Waals surface area contributed by atoms with Gasteiger partial charge in [-0.2, -0.15) is 11.3 Å². The number of benzene rings is 2. The fourth-order valence-corrected chi connectivity index (χ4v) is 7.37. The molecule has 6 rings (SSSR count). The largest absolute Gasteiger partial charge is 0.481 e. The molecule has 0 aliphatic carbocycles. The van der Waals surface area contributed by atoms with Gasteiger partial charge in [0.1, 0.15) is 10.7 Å². The maximum absolute atomic E-state index is 14.8. The molecule has 2 aromatic carbocycles. The Labute approximate surface area is 245 Å². The Balaban J connectivity index is 1.63. The molecule has 1 aliphatic heterocycles. The van der Waals surface area contributed by atoms with Crippen LogP contribution in [-0.2, 0) is 19.6 Å². The zero-order valence-electron chi connectivity index (χ0n) is 22.4. The summed E-state index contributed by atoms with van der Waals surface area (Å²) in [5, 5.41) is 2.45. The second-order valence-corrected chi connectivity index (χ2v) is 12.3. The monoisotopic (exact) mass is 602 g/mol. The van der Waals surface area contributed by atoms with Gasteiger partial charge < -0.3 is 14.4 Å². The number of methoxy groups -OCH3 is 2. The van der Waals surface area contributed by atoms with Crippen molar-refractivity contribution in [2.24, 2.45) is 5.92 Å². The van der Waals surface area contributed by atoms with Gasteiger partial charge in [0.25, 0.3) is 10.0 Å². The topological polar surface area (TPSA) is 95.1 Å². The first-order valence-corrected chi connectivity index (χ1v) is 15.1. The predicted octanol–water partition coefficient (Wildman–Crippen LogP) is 5.98. The number of nitrogens with zero attached hydrogens (tertiary/aromatic N) is 4. The molecule has 1 saturated heterocycles. The van der Waals surface area contributed by atoms with E-state index in [1.807, 2.05) is 17.0 Å². The van der Waals surface area contributed by atoms with Crippen LogP contribution in [0.3, 0.4) is 0 Å². The lowest BCUT2D eigenvalue weighted by Gasteiger charge is -2.39. The average Bonchev–Trinajstić information content (AvgIpc) is 3.58. The van der Waals surface area contributed by atoms with E-state index in [4.69, 9.17) is 16.0 Å². The number of thiophene rings is 1. The van der Waals surface area contributed by atoms with Crippen LogP contribution < -0.4 is 9.64 Å². The molecule has 12 heteroatoms. The fraction of sp³-hybridized carbons (Fsp3) is 0.167. The predicted molar refractivity (Wildman–Crippen MR) is 158 cm³/mol. The van der Waals surface area contributed by atoms with Crippen LogP contribution in [0.4, 0.5) is 15.1 Å². The number of carbonyl (C=O) groups excluding carboxylic acids is 1. The van der Waals surface area contributed by atoms with Crippen LogP contribution >= 0.6 is 11.3 Å². The first kappa shape index (κ1) is 27.4. The van der Waals surface area contributed by atoms with Crippen LogP contribution in [0.15, 0.2) is 77.1 Å². The van der Waals surface area contributed by atoms with Crippen molar-refractivity contribution < 1.29 is 27.1 Å². The SMILES string of the molecule is [C-]#[N+]c1sccc1-c1c(-c2cccc(N3CC(C(=O)OC)C3)c2)n(S(=O)(=O)c2ccc(OC)nc2)c2ccc(F)cc12. The summed E-state index contributed by atoms with van der Waals surface area (Å²) in [5.74, 6) is -0.825. The number of carbonyl (C=O) groups is 1. The quantitative estimate of drug-likeness (QED) is 0.167.